The van der Waals surface area contributed by atoms with E-state index in [1.807, 2.05) is 6.92 Å². The summed E-state index contributed by atoms with van der Waals surface area (Å²) in [5.74, 6) is 0.156. The van der Waals surface area contributed by atoms with Crippen molar-refractivity contribution in [3.05, 3.63) is 15.9 Å². The Hall–Kier alpha value is 0.0500. The summed E-state index contributed by atoms with van der Waals surface area (Å²) in [6, 6.07) is 1.61. The Morgan fingerprint density at radius 2 is 2.25 bits per heavy atom. The lowest BCUT2D eigenvalue weighted by molar-refractivity contribution is 0.406. The van der Waals surface area contributed by atoms with Crippen LogP contribution in [-0.2, 0) is 10.0 Å². The number of thiophene rings is 1. The summed E-state index contributed by atoms with van der Waals surface area (Å²) in [6.07, 6.45) is 0. The fourth-order valence-corrected chi connectivity index (χ4v) is 4.55. The molecule has 1 heterocycles. The van der Waals surface area contributed by atoms with Crippen LogP contribution in [0.15, 0.2) is 20.1 Å². The van der Waals surface area contributed by atoms with Crippen LogP contribution in [0.3, 0.4) is 0 Å². The first-order chi connectivity index (χ1) is 7.37. The maximum Gasteiger partial charge on any atom is 0.252 e. The van der Waals surface area contributed by atoms with Crippen molar-refractivity contribution in [3.63, 3.8) is 0 Å². The Morgan fingerprint density at radius 3 is 2.69 bits per heavy atom. The molecule has 1 aromatic rings. The smallest absolute Gasteiger partial charge is 0.252 e. The summed E-state index contributed by atoms with van der Waals surface area (Å²) >= 11 is 4.46. The zero-order valence-corrected chi connectivity index (χ0v) is 12.4. The minimum Gasteiger partial charge on any atom is -0.330 e. The molecule has 7 heteroatoms. The molecule has 0 saturated carbocycles. The van der Waals surface area contributed by atoms with Gasteiger partial charge in [0, 0.05) is 23.4 Å². The molecule has 1 rings (SSSR count). The molecule has 1 unspecified atom stereocenters. The Bertz CT molecular complexity index is 444. The normalized spacial score (nSPS) is 14.3. The average Bonchev–Trinajstić information content (AvgIpc) is 2.65. The number of hydrogen-bond acceptors (Lipinski definition) is 4. The van der Waals surface area contributed by atoms with Crippen molar-refractivity contribution in [3.8, 4) is 0 Å². The fourth-order valence-electron chi connectivity index (χ4n) is 1.20. The molecule has 92 valence electrons. The molecule has 0 radical (unpaired) electrons. The first kappa shape index (κ1) is 14.1. The molecule has 16 heavy (non-hydrogen) atoms. The average molecular weight is 327 g/mol. The molecule has 0 fully saturated rings. The van der Waals surface area contributed by atoms with E-state index >= 15 is 0 Å². The Balaban J connectivity index is 2.86. The lowest BCUT2D eigenvalue weighted by Gasteiger charge is -2.19. The molecule has 0 spiro atoms. The van der Waals surface area contributed by atoms with Crippen LogP contribution in [0.2, 0.25) is 0 Å². The summed E-state index contributed by atoms with van der Waals surface area (Å²) in [7, 11) is -1.78. The first-order valence-electron chi connectivity index (χ1n) is 4.78. The van der Waals surface area contributed by atoms with Gasteiger partial charge in [0.05, 0.1) is 0 Å². The number of nitrogens with zero attached hydrogens (tertiary/aromatic N) is 1. The maximum atomic E-state index is 12.1. The lowest BCUT2D eigenvalue weighted by Crippen LogP contribution is -2.33. The van der Waals surface area contributed by atoms with E-state index in [9.17, 15) is 8.42 Å². The molecule has 0 aromatic carbocycles. The van der Waals surface area contributed by atoms with E-state index in [0.29, 0.717) is 17.3 Å². The highest BCUT2D eigenvalue weighted by Gasteiger charge is 2.23. The molecule has 4 nitrogen and oxygen atoms in total. The van der Waals surface area contributed by atoms with Crippen LogP contribution in [0.4, 0.5) is 0 Å². The topological polar surface area (TPSA) is 63.4 Å². The second-order valence-corrected chi connectivity index (χ2v) is 7.81. The molecule has 2 N–H and O–H groups in total. The number of nitrogens with two attached hydrogens (primary N) is 1. The van der Waals surface area contributed by atoms with Crippen LogP contribution >= 0.6 is 27.3 Å². The van der Waals surface area contributed by atoms with Gasteiger partial charge in [-0.05, 0) is 34.5 Å². The SMILES string of the molecule is CC(CN)CN(C)S(=O)(=O)c1cc(Br)cs1. The third-order valence-electron chi connectivity index (χ3n) is 2.18. The van der Waals surface area contributed by atoms with Gasteiger partial charge in [-0.15, -0.1) is 11.3 Å². The molecule has 0 amide bonds. The van der Waals surface area contributed by atoms with Gasteiger partial charge in [-0.25, -0.2) is 8.42 Å². The quantitative estimate of drug-likeness (QED) is 0.896. The van der Waals surface area contributed by atoms with Crippen LogP contribution in [0.1, 0.15) is 6.92 Å². The second kappa shape index (κ2) is 5.59. The molecular weight excluding hydrogens is 312 g/mol. The van der Waals surface area contributed by atoms with Gasteiger partial charge in [0.15, 0.2) is 0 Å². The summed E-state index contributed by atoms with van der Waals surface area (Å²) in [5, 5.41) is 1.76. The predicted molar refractivity (Wildman–Crippen MR) is 70.1 cm³/mol. The van der Waals surface area contributed by atoms with Crippen LogP contribution in [0.5, 0.6) is 0 Å². The van der Waals surface area contributed by atoms with Gasteiger partial charge in [0.1, 0.15) is 4.21 Å². The second-order valence-electron chi connectivity index (χ2n) is 3.71. The van der Waals surface area contributed by atoms with Crippen LogP contribution in [0.25, 0.3) is 0 Å². The summed E-state index contributed by atoms with van der Waals surface area (Å²) in [4.78, 5) is 0. The van der Waals surface area contributed by atoms with E-state index in [0.717, 1.165) is 4.47 Å². The molecule has 1 aromatic heterocycles. The standard InChI is InChI=1S/C9H15BrN2O2S2/c1-7(4-11)5-12(2)16(13,14)9-3-8(10)6-15-9/h3,6-7H,4-5,11H2,1-2H3. The lowest BCUT2D eigenvalue weighted by atomic mass is 10.2. The Labute approximate surface area is 109 Å². The Morgan fingerprint density at radius 1 is 1.62 bits per heavy atom. The van der Waals surface area contributed by atoms with Crippen molar-refractivity contribution >= 4 is 37.3 Å². The summed E-state index contributed by atoms with van der Waals surface area (Å²) < 4.78 is 26.6. The van der Waals surface area contributed by atoms with Gasteiger partial charge in [0.2, 0.25) is 0 Å². The minimum absolute atomic E-state index is 0.156. The molecule has 1 atom stereocenters. The Kier molecular flexibility index (Phi) is 4.93. The molecule has 0 aliphatic carbocycles. The largest absolute Gasteiger partial charge is 0.330 e. The van der Waals surface area contributed by atoms with E-state index < -0.39 is 10.0 Å². The molecule has 0 aliphatic rings. The highest BCUT2D eigenvalue weighted by Crippen LogP contribution is 2.26. The third-order valence-corrected chi connectivity index (χ3v) is 6.18. The van der Waals surface area contributed by atoms with Gasteiger partial charge in [-0.1, -0.05) is 6.92 Å². The van der Waals surface area contributed by atoms with Crippen molar-refractivity contribution in [2.24, 2.45) is 11.7 Å². The molecule has 0 aliphatic heterocycles. The van der Waals surface area contributed by atoms with Crippen molar-refractivity contribution in [1.82, 2.24) is 4.31 Å². The maximum absolute atomic E-state index is 12.1. The number of hydrogen-bond donors (Lipinski definition) is 1. The van der Waals surface area contributed by atoms with Crippen LogP contribution < -0.4 is 5.73 Å². The third kappa shape index (κ3) is 3.27. The number of halogens is 1. The zero-order valence-electron chi connectivity index (χ0n) is 9.18. The monoisotopic (exact) mass is 326 g/mol. The summed E-state index contributed by atoms with van der Waals surface area (Å²) in [5.41, 5.74) is 5.48. The van der Waals surface area contributed by atoms with Gasteiger partial charge < -0.3 is 5.73 Å². The van der Waals surface area contributed by atoms with Gasteiger partial charge in [-0.2, -0.15) is 4.31 Å². The van der Waals surface area contributed by atoms with Crippen molar-refractivity contribution < 1.29 is 8.42 Å². The fraction of sp³-hybridized carbons (Fsp3) is 0.556. The van der Waals surface area contributed by atoms with Crippen LogP contribution in [-0.4, -0.2) is 32.9 Å². The van der Waals surface area contributed by atoms with Crippen molar-refractivity contribution in [2.45, 2.75) is 11.1 Å². The van der Waals surface area contributed by atoms with Gasteiger partial charge >= 0.3 is 0 Å². The summed E-state index contributed by atoms with van der Waals surface area (Å²) in [6.45, 7) is 2.85. The number of sulfonamides is 1. The highest BCUT2D eigenvalue weighted by molar-refractivity contribution is 9.10. The first-order valence-corrected chi connectivity index (χ1v) is 7.89. The molecule has 0 saturated heterocycles. The van der Waals surface area contributed by atoms with Crippen molar-refractivity contribution in [2.75, 3.05) is 20.1 Å². The van der Waals surface area contributed by atoms with Gasteiger partial charge in [-0.3, -0.25) is 0 Å². The predicted octanol–water partition coefficient (Wildman–Crippen LogP) is 1.73. The van der Waals surface area contributed by atoms with E-state index in [1.165, 1.54) is 15.6 Å². The van der Waals surface area contributed by atoms with E-state index in [2.05, 4.69) is 15.9 Å². The highest BCUT2D eigenvalue weighted by atomic mass is 79.9. The van der Waals surface area contributed by atoms with Gasteiger partial charge in [0.25, 0.3) is 10.0 Å². The molecular formula is C9H15BrN2O2S2. The van der Waals surface area contributed by atoms with Crippen molar-refractivity contribution in [1.29, 1.82) is 0 Å². The minimum atomic E-state index is -3.36. The van der Waals surface area contributed by atoms with Crippen LogP contribution in [0, 0.1) is 5.92 Å². The van der Waals surface area contributed by atoms with E-state index in [-0.39, 0.29) is 5.92 Å². The molecule has 0 bridgehead atoms. The number of rotatable bonds is 5. The van der Waals surface area contributed by atoms with E-state index in [1.54, 1.807) is 18.5 Å². The zero-order chi connectivity index (χ0) is 12.3. The van der Waals surface area contributed by atoms with E-state index in [4.69, 9.17) is 5.73 Å².